The molecule has 0 bridgehead atoms. The fraction of sp³-hybridized carbons (Fsp3) is 0.467. The number of anilines is 1. The van der Waals surface area contributed by atoms with E-state index >= 15 is 0 Å². The standard InChI is InChI=1S/C13H15NO3.C2H6/c15-7-1-2-8-17-11-5-3-10-4-6-13(16)14-12(10)9-11;1-2/h3,5,7,9H,1-2,4,6,8H2,(H,14,16);1-2H3. The average Bonchev–Trinajstić information content (AvgIpc) is 2.45. The van der Waals surface area contributed by atoms with E-state index in [9.17, 15) is 9.59 Å². The van der Waals surface area contributed by atoms with Crippen LogP contribution in [0.3, 0.4) is 0 Å². The van der Waals surface area contributed by atoms with Crippen LogP contribution in [-0.2, 0) is 16.0 Å². The van der Waals surface area contributed by atoms with Gasteiger partial charge in [0.15, 0.2) is 0 Å². The van der Waals surface area contributed by atoms with Gasteiger partial charge in [0.05, 0.1) is 6.61 Å². The zero-order chi connectivity index (χ0) is 14.1. The number of amides is 1. The van der Waals surface area contributed by atoms with Gasteiger partial charge in [-0.2, -0.15) is 0 Å². The first-order valence-electron chi connectivity index (χ1n) is 6.79. The summed E-state index contributed by atoms with van der Waals surface area (Å²) in [7, 11) is 0. The molecular weight excluding hydrogens is 242 g/mol. The number of rotatable bonds is 5. The Labute approximate surface area is 114 Å². The van der Waals surface area contributed by atoms with E-state index in [1.54, 1.807) is 0 Å². The van der Waals surface area contributed by atoms with Crippen molar-refractivity contribution >= 4 is 17.9 Å². The van der Waals surface area contributed by atoms with E-state index in [0.717, 1.165) is 29.7 Å². The number of carbonyl (C=O) groups is 2. The summed E-state index contributed by atoms with van der Waals surface area (Å²) >= 11 is 0. The molecule has 104 valence electrons. The van der Waals surface area contributed by atoms with E-state index in [2.05, 4.69) is 5.32 Å². The fourth-order valence-corrected chi connectivity index (χ4v) is 1.80. The monoisotopic (exact) mass is 263 g/mol. The largest absolute Gasteiger partial charge is 0.494 e. The lowest BCUT2D eigenvalue weighted by atomic mass is 10.0. The van der Waals surface area contributed by atoms with Crippen LogP contribution < -0.4 is 10.1 Å². The number of aldehydes is 1. The summed E-state index contributed by atoms with van der Waals surface area (Å²) in [6.45, 7) is 4.52. The lowest BCUT2D eigenvalue weighted by Crippen LogP contribution is -2.18. The molecule has 0 aliphatic carbocycles. The Bertz CT molecular complexity index is 429. The predicted molar refractivity (Wildman–Crippen MR) is 75.5 cm³/mol. The van der Waals surface area contributed by atoms with Gasteiger partial charge in [-0.25, -0.2) is 0 Å². The first-order valence-corrected chi connectivity index (χ1v) is 6.79. The lowest BCUT2D eigenvalue weighted by Gasteiger charge is -2.17. The van der Waals surface area contributed by atoms with Crippen molar-refractivity contribution in [3.8, 4) is 5.75 Å². The molecule has 0 spiro atoms. The summed E-state index contributed by atoms with van der Waals surface area (Å²) in [5, 5.41) is 2.83. The minimum atomic E-state index is 0.0515. The maximum Gasteiger partial charge on any atom is 0.224 e. The van der Waals surface area contributed by atoms with E-state index < -0.39 is 0 Å². The molecule has 1 aromatic carbocycles. The smallest absolute Gasteiger partial charge is 0.224 e. The molecule has 1 aromatic rings. The Hall–Kier alpha value is -1.84. The van der Waals surface area contributed by atoms with E-state index in [-0.39, 0.29) is 5.91 Å². The van der Waals surface area contributed by atoms with Gasteiger partial charge in [-0.1, -0.05) is 19.9 Å². The topological polar surface area (TPSA) is 55.4 Å². The van der Waals surface area contributed by atoms with Crippen LogP contribution in [0.1, 0.15) is 38.7 Å². The number of carbonyl (C=O) groups excluding carboxylic acids is 2. The highest BCUT2D eigenvalue weighted by atomic mass is 16.5. The van der Waals surface area contributed by atoms with Gasteiger partial charge in [-0.05, 0) is 24.5 Å². The van der Waals surface area contributed by atoms with Gasteiger partial charge >= 0.3 is 0 Å². The van der Waals surface area contributed by atoms with Crippen molar-refractivity contribution in [2.24, 2.45) is 0 Å². The minimum Gasteiger partial charge on any atom is -0.494 e. The molecule has 4 heteroatoms. The molecule has 1 amide bonds. The molecule has 0 unspecified atom stereocenters. The fourth-order valence-electron chi connectivity index (χ4n) is 1.80. The third-order valence-corrected chi connectivity index (χ3v) is 2.71. The molecule has 19 heavy (non-hydrogen) atoms. The summed E-state index contributed by atoms with van der Waals surface area (Å²) in [6.07, 6.45) is 3.45. The highest BCUT2D eigenvalue weighted by Crippen LogP contribution is 2.27. The minimum absolute atomic E-state index is 0.0515. The molecule has 0 saturated heterocycles. The molecule has 2 rings (SSSR count). The number of aryl methyl sites for hydroxylation is 1. The van der Waals surface area contributed by atoms with Gasteiger partial charge in [0.2, 0.25) is 5.91 Å². The Balaban J connectivity index is 0.000000861. The van der Waals surface area contributed by atoms with Crippen molar-refractivity contribution in [3.05, 3.63) is 23.8 Å². The Morgan fingerprint density at radius 1 is 1.32 bits per heavy atom. The second-order valence-corrected chi connectivity index (χ2v) is 4.02. The van der Waals surface area contributed by atoms with Crippen LogP contribution in [-0.4, -0.2) is 18.8 Å². The highest BCUT2D eigenvalue weighted by Gasteiger charge is 2.14. The van der Waals surface area contributed by atoms with Crippen molar-refractivity contribution in [1.29, 1.82) is 0 Å². The van der Waals surface area contributed by atoms with Crippen LogP contribution in [0.15, 0.2) is 18.2 Å². The van der Waals surface area contributed by atoms with Crippen LogP contribution >= 0.6 is 0 Å². The average molecular weight is 263 g/mol. The van der Waals surface area contributed by atoms with Crippen LogP contribution in [0.4, 0.5) is 5.69 Å². The van der Waals surface area contributed by atoms with Crippen LogP contribution in [0.2, 0.25) is 0 Å². The Morgan fingerprint density at radius 3 is 2.84 bits per heavy atom. The van der Waals surface area contributed by atoms with Crippen molar-refractivity contribution < 1.29 is 14.3 Å². The number of fused-ring (bicyclic) bond motifs is 1. The van der Waals surface area contributed by atoms with Crippen LogP contribution in [0.5, 0.6) is 5.75 Å². The molecule has 0 radical (unpaired) electrons. The molecule has 0 fully saturated rings. The number of hydrogen-bond donors (Lipinski definition) is 1. The first kappa shape index (κ1) is 15.2. The zero-order valence-corrected chi connectivity index (χ0v) is 11.6. The molecule has 0 atom stereocenters. The van der Waals surface area contributed by atoms with Crippen LogP contribution in [0, 0.1) is 0 Å². The lowest BCUT2D eigenvalue weighted by molar-refractivity contribution is -0.116. The molecule has 4 nitrogen and oxygen atoms in total. The van der Waals surface area contributed by atoms with Gasteiger partial charge < -0.3 is 14.8 Å². The van der Waals surface area contributed by atoms with Gasteiger partial charge in [0, 0.05) is 24.6 Å². The third kappa shape index (κ3) is 4.73. The molecule has 0 aromatic heterocycles. The van der Waals surface area contributed by atoms with E-state index in [4.69, 9.17) is 4.74 Å². The summed E-state index contributed by atoms with van der Waals surface area (Å²) in [5.41, 5.74) is 1.99. The van der Waals surface area contributed by atoms with Crippen molar-refractivity contribution in [2.45, 2.75) is 39.5 Å². The predicted octanol–water partition coefficient (Wildman–Crippen LogP) is 2.96. The Kier molecular flexibility index (Phi) is 6.64. The maximum atomic E-state index is 11.2. The molecular formula is C15H21NO3. The van der Waals surface area contributed by atoms with Gasteiger partial charge in [0.1, 0.15) is 12.0 Å². The van der Waals surface area contributed by atoms with Crippen molar-refractivity contribution in [1.82, 2.24) is 0 Å². The number of benzene rings is 1. The second kappa shape index (κ2) is 8.29. The Morgan fingerprint density at radius 2 is 2.11 bits per heavy atom. The first-order chi connectivity index (χ1) is 9.29. The number of ether oxygens (including phenoxy) is 1. The summed E-state index contributed by atoms with van der Waals surface area (Å²) in [4.78, 5) is 21.4. The summed E-state index contributed by atoms with van der Waals surface area (Å²) < 4.78 is 5.50. The quantitative estimate of drug-likeness (QED) is 0.656. The van der Waals surface area contributed by atoms with E-state index in [1.165, 1.54) is 0 Å². The zero-order valence-electron chi connectivity index (χ0n) is 11.6. The van der Waals surface area contributed by atoms with Gasteiger partial charge in [-0.3, -0.25) is 4.79 Å². The van der Waals surface area contributed by atoms with Gasteiger partial charge in [0.25, 0.3) is 0 Å². The van der Waals surface area contributed by atoms with Crippen molar-refractivity contribution in [3.63, 3.8) is 0 Å². The van der Waals surface area contributed by atoms with Gasteiger partial charge in [-0.15, -0.1) is 0 Å². The second-order valence-electron chi connectivity index (χ2n) is 4.02. The molecule has 1 N–H and O–H groups in total. The van der Waals surface area contributed by atoms with E-state index in [0.29, 0.717) is 25.9 Å². The highest BCUT2D eigenvalue weighted by molar-refractivity contribution is 5.94. The van der Waals surface area contributed by atoms with Crippen molar-refractivity contribution in [2.75, 3.05) is 11.9 Å². The molecule has 1 aliphatic rings. The molecule has 1 heterocycles. The third-order valence-electron chi connectivity index (χ3n) is 2.71. The van der Waals surface area contributed by atoms with Crippen LogP contribution in [0.25, 0.3) is 0 Å². The number of unbranched alkanes of at least 4 members (excludes halogenated alkanes) is 1. The SMILES string of the molecule is CC.O=CCCCOc1ccc2c(c1)NC(=O)CC2. The molecule has 1 aliphatic heterocycles. The normalized spacial score (nSPS) is 12.6. The number of nitrogens with one attached hydrogen (secondary N) is 1. The molecule has 0 saturated carbocycles. The van der Waals surface area contributed by atoms with E-state index in [1.807, 2.05) is 32.0 Å². The number of hydrogen-bond acceptors (Lipinski definition) is 3. The summed E-state index contributed by atoms with van der Waals surface area (Å²) in [6, 6.07) is 5.72. The maximum absolute atomic E-state index is 11.2. The summed E-state index contributed by atoms with van der Waals surface area (Å²) in [5.74, 6) is 0.785.